The molecule has 0 radical (unpaired) electrons. The molecule has 0 saturated heterocycles. The first-order valence-electron chi connectivity index (χ1n) is 9.41. The third-order valence-corrected chi connectivity index (χ3v) is 4.24. The van der Waals surface area contributed by atoms with Gasteiger partial charge in [0.1, 0.15) is 0 Å². The lowest BCUT2D eigenvalue weighted by atomic mass is 9.83. The highest BCUT2D eigenvalue weighted by atomic mass is 16.6. The van der Waals surface area contributed by atoms with Gasteiger partial charge in [0.25, 0.3) is 0 Å². The Morgan fingerprint density at radius 1 is 0.625 bits per heavy atom. The Balaban J connectivity index is 1.69. The van der Waals surface area contributed by atoms with Gasteiger partial charge in [-0.25, -0.2) is 0 Å². The summed E-state index contributed by atoms with van der Waals surface area (Å²) in [5.41, 5.74) is 5.31. The molecule has 0 unspecified atom stereocenters. The molecule has 0 aromatic heterocycles. The van der Waals surface area contributed by atoms with Crippen molar-refractivity contribution in [1.82, 2.24) is 0 Å². The van der Waals surface area contributed by atoms with Crippen molar-refractivity contribution in [2.45, 2.75) is 32.6 Å². The van der Waals surface area contributed by atoms with Crippen LogP contribution >= 0.6 is 0 Å². The summed E-state index contributed by atoms with van der Waals surface area (Å²) >= 11 is 0. The molecule has 1 aliphatic carbocycles. The van der Waals surface area contributed by atoms with Gasteiger partial charge < -0.3 is 29.4 Å². The van der Waals surface area contributed by atoms with Crippen molar-refractivity contribution >= 4 is 0 Å². The van der Waals surface area contributed by atoms with Crippen molar-refractivity contribution in [2.75, 3.05) is 72.6 Å². The third kappa shape index (κ3) is 13.1. The highest BCUT2D eigenvalue weighted by Crippen LogP contribution is 2.28. The molecule has 0 amide bonds. The van der Waals surface area contributed by atoms with Crippen LogP contribution in [0.25, 0.3) is 0 Å². The molecule has 0 aromatic rings. The van der Waals surface area contributed by atoms with Gasteiger partial charge in [-0.2, -0.15) is 0 Å². The largest absolute Gasteiger partial charge is 0.379 e. The van der Waals surface area contributed by atoms with Crippen molar-refractivity contribution < 1.29 is 23.7 Å². The molecule has 0 spiro atoms. The maximum atomic E-state index is 5.70. The zero-order chi connectivity index (χ0) is 17.3. The van der Waals surface area contributed by atoms with Crippen molar-refractivity contribution in [3.8, 4) is 0 Å². The number of nitrogens with two attached hydrogens (primary N) is 1. The molecule has 1 rings (SSSR count). The van der Waals surface area contributed by atoms with Gasteiger partial charge in [-0.3, -0.25) is 0 Å². The fraction of sp³-hybridized carbons (Fsp3) is 1.00. The van der Waals surface area contributed by atoms with E-state index < -0.39 is 0 Å². The zero-order valence-corrected chi connectivity index (χ0v) is 15.4. The van der Waals surface area contributed by atoms with E-state index in [1.165, 1.54) is 25.7 Å². The summed E-state index contributed by atoms with van der Waals surface area (Å²) in [6.07, 6.45) is 5.34. The van der Waals surface area contributed by atoms with Crippen molar-refractivity contribution in [3.63, 3.8) is 0 Å². The molecule has 1 aliphatic rings. The molecule has 6 nitrogen and oxygen atoms in total. The fourth-order valence-corrected chi connectivity index (χ4v) is 2.71. The van der Waals surface area contributed by atoms with E-state index in [1.54, 1.807) is 0 Å². The van der Waals surface area contributed by atoms with E-state index in [1.807, 2.05) is 0 Å². The number of ether oxygens (including phenoxy) is 5. The molecule has 0 bridgehead atoms. The average molecular weight is 347 g/mol. The van der Waals surface area contributed by atoms with Gasteiger partial charge in [-0.15, -0.1) is 0 Å². The smallest absolute Gasteiger partial charge is 0.0701 e. The normalized spacial score (nSPS) is 21.2. The first-order chi connectivity index (χ1) is 11.8. The quantitative estimate of drug-likeness (QED) is 0.430. The average Bonchev–Trinajstić information content (AvgIpc) is 2.60. The van der Waals surface area contributed by atoms with E-state index in [2.05, 4.69) is 6.92 Å². The minimum atomic E-state index is 0.550. The number of rotatable bonds is 16. The number of hydrogen-bond acceptors (Lipinski definition) is 6. The highest BCUT2D eigenvalue weighted by molar-refractivity contribution is 4.69. The van der Waals surface area contributed by atoms with Crippen LogP contribution in [-0.2, 0) is 23.7 Å². The van der Waals surface area contributed by atoms with E-state index in [9.17, 15) is 0 Å². The molecule has 144 valence electrons. The van der Waals surface area contributed by atoms with Crippen LogP contribution in [0.4, 0.5) is 0 Å². The van der Waals surface area contributed by atoms with Crippen LogP contribution in [0.2, 0.25) is 0 Å². The molecule has 0 atom stereocenters. The second-order valence-electron chi connectivity index (χ2n) is 6.44. The van der Waals surface area contributed by atoms with Crippen LogP contribution in [0.3, 0.4) is 0 Å². The highest BCUT2D eigenvalue weighted by Gasteiger charge is 2.17. The summed E-state index contributed by atoms with van der Waals surface area (Å²) < 4.78 is 27.2. The molecular formula is C18H37NO5. The Bertz CT molecular complexity index is 260. The van der Waals surface area contributed by atoms with Crippen LogP contribution in [0.5, 0.6) is 0 Å². The molecule has 6 heteroatoms. The Hall–Kier alpha value is -0.240. The molecular weight excluding hydrogens is 310 g/mol. The standard InChI is InChI=1S/C18H37NO5/c1-17-2-4-18(5-3-17)16-24-15-14-23-13-12-22-11-10-21-9-8-20-7-6-19/h17-18H,2-16,19H2,1H3. The third-order valence-electron chi connectivity index (χ3n) is 4.24. The van der Waals surface area contributed by atoms with E-state index in [4.69, 9.17) is 29.4 Å². The summed E-state index contributed by atoms with van der Waals surface area (Å²) in [5.74, 6) is 1.66. The Kier molecular flexibility index (Phi) is 14.8. The van der Waals surface area contributed by atoms with Gasteiger partial charge in [0.2, 0.25) is 0 Å². The van der Waals surface area contributed by atoms with Gasteiger partial charge >= 0.3 is 0 Å². The summed E-state index contributed by atoms with van der Waals surface area (Å²) in [6, 6.07) is 0. The first kappa shape index (κ1) is 21.8. The summed E-state index contributed by atoms with van der Waals surface area (Å²) in [6.45, 7) is 9.20. The summed E-state index contributed by atoms with van der Waals surface area (Å²) in [7, 11) is 0. The fourth-order valence-electron chi connectivity index (χ4n) is 2.71. The van der Waals surface area contributed by atoms with Crippen LogP contribution in [0, 0.1) is 11.8 Å². The molecule has 0 aliphatic heterocycles. The Labute approximate surface area is 147 Å². The van der Waals surface area contributed by atoms with Crippen molar-refractivity contribution in [1.29, 1.82) is 0 Å². The maximum Gasteiger partial charge on any atom is 0.0701 e. The molecule has 0 aromatic carbocycles. The molecule has 1 saturated carbocycles. The van der Waals surface area contributed by atoms with Gasteiger partial charge in [0, 0.05) is 13.2 Å². The van der Waals surface area contributed by atoms with Gasteiger partial charge in [0.15, 0.2) is 0 Å². The van der Waals surface area contributed by atoms with E-state index in [0.29, 0.717) is 66.0 Å². The zero-order valence-electron chi connectivity index (χ0n) is 15.4. The predicted octanol–water partition coefficient (Wildman–Crippen LogP) is 1.85. The summed E-state index contributed by atoms with van der Waals surface area (Å²) in [5, 5.41) is 0. The SMILES string of the molecule is CC1CCC(COCCOCCOCCOCCOCCN)CC1. The first-order valence-corrected chi connectivity index (χ1v) is 9.41. The van der Waals surface area contributed by atoms with Crippen LogP contribution in [0.15, 0.2) is 0 Å². The van der Waals surface area contributed by atoms with Crippen LogP contribution in [-0.4, -0.2) is 72.6 Å². The molecule has 2 N–H and O–H groups in total. The van der Waals surface area contributed by atoms with E-state index in [0.717, 1.165) is 18.4 Å². The minimum Gasteiger partial charge on any atom is -0.379 e. The van der Waals surface area contributed by atoms with Crippen LogP contribution in [0.1, 0.15) is 32.6 Å². The van der Waals surface area contributed by atoms with Gasteiger partial charge in [-0.05, 0) is 24.7 Å². The predicted molar refractivity (Wildman–Crippen MR) is 94.3 cm³/mol. The van der Waals surface area contributed by atoms with E-state index >= 15 is 0 Å². The lowest BCUT2D eigenvalue weighted by Crippen LogP contribution is -2.19. The van der Waals surface area contributed by atoms with Crippen LogP contribution < -0.4 is 5.73 Å². The minimum absolute atomic E-state index is 0.550. The lowest BCUT2D eigenvalue weighted by molar-refractivity contribution is -0.0146. The number of hydrogen-bond donors (Lipinski definition) is 1. The molecule has 0 heterocycles. The molecule has 1 fully saturated rings. The maximum absolute atomic E-state index is 5.70. The van der Waals surface area contributed by atoms with Gasteiger partial charge in [0.05, 0.1) is 59.5 Å². The lowest BCUT2D eigenvalue weighted by Gasteiger charge is -2.25. The van der Waals surface area contributed by atoms with Crippen molar-refractivity contribution in [2.24, 2.45) is 17.6 Å². The Morgan fingerprint density at radius 3 is 1.50 bits per heavy atom. The monoisotopic (exact) mass is 347 g/mol. The van der Waals surface area contributed by atoms with Crippen molar-refractivity contribution in [3.05, 3.63) is 0 Å². The second-order valence-corrected chi connectivity index (χ2v) is 6.44. The topological polar surface area (TPSA) is 72.2 Å². The second kappa shape index (κ2) is 16.2. The van der Waals surface area contributed by atoms with Gasteiger partial charge in [-0.1, -0.05) is 19.8 Å². The summed E-state index contributed by atoms with van der Waals surface area (Å²) in [4.78, 5) is 0. The Morgan fingerprint density at radius 2 is 1.04 bits per heavy atom. The van der Waals surface area contributed by atoms with E-state index in [-0.39, 0.29) is 0 Å². The molecule has 24 heavy (non-hydrogen) atoms.